The van der Waals surface area contributed by atoms with E-state index >= 15 is 0 Å². The average Bonchev–Trinajstić information content (AvgIpc) is 1.92. The molecule has 9 heteroatoms. The van der Waals surface area contributed by atoms with Crippen molar-refractivity contribution >= 4 is 32.3 Å². The van der Waals surface area contributed by atoms with Crippen molar-refractivity contribution < 1.29 is 21.8 Å². The first-order valence-corrected chi connectivity index (χ1v) is 18.2. The lowest BCUT2D eigenvalue weighted by atomic mass is 11.6. The molecule has 0 aliphatic carbocycles. The summed E-state index contributed by atoms with van der Waals surface area (Å²) in [6, 6.07) is 0. The van der Waals surface area contributed by atoms with Gasteiger partial charge >= 0.3 is 12.9 Å². The van der Waals surface area contributed by atoms with Crippen LogP contribution in [0.4, 0.5) is 8.78 Å². The van der Waals surface area contributed by atoms with Crippen molar-refractivity contribution in [2.24, 2.45) is 0 Å². The summed E-state index contributed by atoms with van der Waals surface area (Å²) in [6.45, 7) is 14.9. The van der Waals surface area contributed by atoms with Gasteiger partial charge in [0.05, 0.1) is 0 Å². The topological polar surface area (TPSA) is 35.5 Å². The molecule has 0 radical (unpaired) electrons. The molecule has 0 aromatic rings. The summed E-state index contributed by atoms with van der Waals surface area (Å²) in [7, 11) is -12.3. The molecule has 0 N–H and O–H groups in total. The van der Waals surface area contributed by atoms with Crippen LogP contribution in [0.25, 0.3) is 0 Å². The third-order valence-electron chi connectivity index (χ3n) is 2.03. The van der Waals surface area contributed by atoms with Gasteiger partial charge in [0.1, 0.15) is 8.07 Å². The van der Waals surface area contributed by atoms with E-state index in [4.69, 9.17) is 8.43 Å². The van der Waals surface area contributed by atoms with E-state index in [9.17, 15) is 13.3 Å². The Morgan fingerprint density at radius 1 is 0.789 bits per heavy atom. The molecule has 0 rings (SSSR count). The van der Waals surface area contributed by atoms with Crippen molar-refractivity contribution in [3.8, 4) is 0 Å². The van der Waals surface area contributed by atoms with E-state index in [1.807, 2.05) is 0 Å². The number of halogens is 2. The van der Waals surface area contributed by atoms with Gasteiger partial charge in [0, 0.05) is 0 Å². The molecule has 0 aliphatic heterocycles. The Morgan fingerprint density at radius 3 is 1.21 bits per heavy atom. The second-order valence-electron chi connectivity index (χ2n) is 7.70. The molecule has 0 aliphatic rings. The Labute approximate surface area is 118 Å². The zero-order valence-corrected chi connectivity index (χ0v) is 17.3. The molecule has 19 heavy (non-hydrogen) atoms. The van der Waals surface area contributed by atoms with E-state index in [1.54, 1.807) is 39.3 Å². The van der Waals surface area contributed by atoms with Crippen LogP contribution in [0.2, 0.25) is 58.9 Å². The molecule has 0 aromatic carbocycles. The molecule has 0 saturated heterocycles. The number of hydrogen-bond donors (Lipinski definition) is 0. The fourth-order valence-corrected chi connectivity index (χ4v) is 12.5. The molecular formula is C10H27F2O3PSi3. The molecule has 0 saturated carbocycles. The van der Waals surface area contributed by atoms with Gasteiger partial charge in [0.15, 0.2) is 16.6 Å². The van der Waals surface area contributed by atoms with Crippen molar-refractivity contribution in [1.82, 2.24) is 0 Å². The maximum atomic E-state index is 14.6. The molecule has 116 valence electrons. The van der Waals surface area contributed by atoms with E-state index < -0.39 is 37.6 Å². The van der Waals surface area contributed by atoms with E-state index in [0.717, 1.165) is 0 Å². The second kappa shape index (κ2) is 5.46. The van der Waals surface area contributed by atoms with Gasteiger partial charge in [-0.15, -0.1) is 0 Å². The molecule has 0 spiro atoms. The number of hydrogen-bond acceptors (Lipinski definition) is 3. The highest BCUT2D eigenvalue weighted by atomic mass is 31.2. The maximum Gasteiger partial charge on any atom is 0.375 e. The summed E-state index contributed by atoms with van der Waals surface area (Å²) in [5.41, 5.74) is 0. The summed E-state index contributed by atoms with van der Waals surface area (Å²) < 4.78 is 52.9. The van der Waals surface area contributed by atoms with Gasteiger partial charge in [-0.25, -0.2) is 0 Å². The van der Waals surface area contributed by atoms with Gasteiger partial charge in [-0.05, 0) is 39.3 Å². The Kier molecular flexibility index (Phi) is 5.65. The normalized spacial score (nSPS) is 15.7. The zero-order valence-electron chi connectivity index (χ0n) is 13.4. The highest BCUT2D eigenvalue weighted by Gasteiger charge is 2.63. The monoisotopic (exact) mass is 348 g/mol. The molecule has 0 bridgehead atoms. The lowest BCUT2D eigenvalue weighted by Crippen LogP contribution is -2.48. The smallest absolute Gasteiger partial charge is 0.348 e. The van der Waals surface area contributed by atoms with Crippen LogP contribution < -0.4 is 0 Å². The van der Waals surface area contributed by atoms with Crippen LogP contribution >= 0.6 is 7.60 Å². The van der Waals surface area contributed by atoms with Crippen molar-refractivity contribution in [2.75, 3.05) is 0 Å². The lowest BCUT2D eigenvalue weighted by Gasteiger charge is -2.39. The Morgan fingerprint density at radius 2 is 1.05 bits per heavy atom. The lowest BCUT2D eigenvalue weighted by molar-refractivity contribution is 0.134. The predicted octanol–water partition coefficient (Wildman–Crippen LogP) is 5.35. The van der Waals surface area contributed by atoms with Crippen LogP contribution in [0, 0.1) is 0 Å². The first-order valence-electron chi connectivity index (χ1n) is 6.31. The highest BCUT2D eigenvalue weighted by Crippen LogP contribution is 2.67. The van der Waals surface area contributed by atoms with Gasteiger partial charge in [-0.3, -0.25) is 4.57 Å². The van der Waals surface area contributed by atoms with E-state index in [-0.39, 0.29) is 0 Å². The Bertz CT molecular complexity index is 350. The summed E-state index contributed by atoms with van der Waals surface area (Å²) in [4.78, 5) is 0. The molecule has 0 amide bonds. The van der Waals surface area contributed by atoms with Crippen molar-refractivity contribution in [1.29, 1.82) is 0 Å². The van der Waals surface area contributed by atoms with Crippen LogP contribution in [-0.4, -0.2) is 30.0 Å². The highest BCUT2D eigenvalue weighted by molar-refractivity contribution is 7.61. The zero-order chi connectivity index (χ0) is 15.9. The molecule has 3 nitrogen and oxygen atoms in total. The van der Waals surface area contributed by atoms with Gasteiger partial charge in [-0.2, -0.15) is 8.78 Å². The SMILES string of the molecule is C[Si](C)(C)OP(=O)(O[Si](C)(C)C)C(F)(F)[Si](C)(C)C. The van der Waals surface area contributed by atoms with E-state index in [0.29, 0.717) is 0 Å². The van der Waals surface area contributed by atoms with Crippen LogP contribution in [0.5, 0.6) is 0 Å². The standard InChI is InChI=1S/C10H27F2O3PSi3/c1-17(2,3)10(11,12)16(13,14-18(4,5)6)15-19(7,8)9/h1-9H3. The molecule has 0 atom stereocenters. The van der Waals surface area contributed by atoms with Gasteiger partial charge in [0.25, 0.3) is 0 Å². The average molecular weight is 349 g/mol. The fraction of sp³-hybridized carbons (Fsp3) is 1.00. The van der Waals surface area contributed by atoms with Crippen LogP contribution in [0.1, 0.15) is 0 Å². The van der Waals surface area contributed by atoms with Gasteiger partial charge in [-0.1, -0.05) is 19.6 Å². The summed E-state index contributed by atoms with van der Waals surface area (Å²) in [5.74, 6) is 0. The summed E-state index contributed by atoms with van der Waals surface area (Å²) >= 11 is 0. The van der Waals surface area contributed by atoms with Crippen molar-refractivity contribution in [3.05, 3.63) is 0 Å². The van der Waals surface area contributed by atoms with Crippen LogP contribution in [-0.2, 0) is 13.0 Å². The largest absolute Gasteiger partial charge is 0.375 e. The van der Waals surface area contributed by atoms with E-state index in [1.165, 1.54) is 19.6 Å². The Hall–Kier alpha value is 0.661. The Balaban J connectivity index is 5.73. The summed E-state index contributed by atoms with van der Waals surface area (Å²) in [6.07, 6.45) is 0. The van der Waals surface area contributed by atoms with Gasteiger partial charge < -0.3 is 8.43 Å². The molecular weight excluding hydrogens is 321 g/mol. The van der Waals surface area contributed by atoms with Crippen LogP contribution in [0.15, 0.2) is 0 Å². The minimum Gasteiger partial charge on any atom is -0.348 e. The third kappa shape index (κ3) is 5.51. The molecule has 0 heterocycles. The van der Waals surface area contributed by atoms with Crippen LogP contribution in [0.3, 0.4) is 0 Å². The van der Waals surface area contributed by atoms with Gasteiger partial charge in [0.2, 0.25) is 0 Å². The predicted molar refractivity (Wildman–Crippen MR) is 84.8 cm³/mol. The quantitative estimate of drug-likeness (QED) is 0.479. The first-order chi connectivity index (χ1) is 7.91. The third-order valence-corrected chi connectivity index (χ3v) is 13.7. The molecule has 0 aromatic heterocycles. The fourth-order valence-electron chi connectivity index (χ4n) is 1.27. The number of alkyl halides is 2. The first kappa shape index (κ1) is 19.7. The van der Waals surface area contributed by atoms with Crippen molar-refractivity contribution in [3.63, 3.8) is 0 Å². The second-order valence-corrected chi connectivity index (χ2v) is 24.7. The molecule has 0 unspecified atom stereocenters. The van der Waals surface area contributed by atoms with Crippen molar-refractivity contribution in [2.45, 2.75) is 64.2 Å². The maximum absolute atomic E-state index is 14.6. The number of rotatable bonds is 6. The van der Waals surface area contributed by atoms with E-state index in [2.05, 4.69) is 0 Å². The summed E-state index contributed by atoms with van der Waals surface area (Å²) in [5, 5.41) is -3.37. The minimum absolute atomic E-state index is 1.49. The minimum atomic E-state index is -4.43. The molecule has 0 fully saturated rings.